The summed E-state index contributed by atoms with van der Waals surface area (Å²) in [5.41, 5.74) is 3.02. The van der Waals surface area contributed by atoms with Crippen molar-refractivity contribution in [2.24, 2.45) is 0 Å². The maximum atomic E-state index is 11.9. The molecule has 0 saturated carbocycles. The van der Waals surface area contributed by atoms with Crippen molar-refractivity contribution in [1.29, 1.82) is 0 Å². The number of H-pyrrole nitrogens is 1. The first-order chi connectivity index (χ1) is 9.97. The lowest BCUT2D eigenvalue weighted by molar-refractivity contribution is -0.118. The van der Waals surface area contributed by atoms with Gasteiger partial charge in [0.15, 0.2) is 12.4 Å². The van der Waals surface area contributed by atoms with Gasteiger partial charge in [0, 0.05) is 11.8 Å². The monoisotopic (exact) mass is 287 g/mol. The molecule has 0 aliphatic heterocycles. The van der Waals surface area contributed by atoms with Crippen LogP contribution in [0.4, 0.5) is 5.82 Å². The van der Waals surface area contributed by atoms with Crippen molar-refractivity contribution < 1.29 is 9.53 Å². The third-order valence-electron chi connectivity index (χ3n) is 3.24. The van der Waals surface area contributed by atoms with E-state index in [1.54, 1.807) is 0 Å². The summed E-state index contributed by atoms with van der Waals surface area (Å²) >= 11 is 0. The molecule has 0 aliphatic rings. The molecule has 0 radical (unpaired) electrons. The average molecular weight is 287 g/mol. The van der Waals surface area contributed by atoms with Crippen LogP contribution >= 0.6 is 0 Å². The number of nitrogens with one attached hydrogen (secondary N) is 2. The molecule has 1 heterocycles. The molecule has 0 bridgehead atoms. The summed E-state index contributed by atoms with van der Waals surface area (Å²) in [5.74, 6) is 1.40. The fourth-order valence-corrected chi connectivity index (χ4v) is 2.04. The lowest BCUT2D eigenvalue weighted by Gasteiger charge is -2.11. The smallest absolute Gasteiger partial charge is 0.263 e. The molecule has 0 atom stereocenters. The summed E-state index contributed by atoms with van der Waals surface area (Å²) in [7, 11) is 0. The number of amides is 1. The highest BCUT2D eigenvalue weighted by atomic mass is 16.5. The summed E-state index contributed by atoms with van der Waals surface area (Å²) in [6, 6.07) is 7.72. The Morgan fingerprint density at radius 3 is 2.57 bits per heavy atom. The Balaban J connectivity index is 1.93. The number of nitrogens with zero attached hydrogens (tertiary/aromatic N) is 1. The fraction of sp³-hybridized carbons (Fsp3) is 0.375. The average Bonchev–Trinajstić information content (AvgIpc) is 2.87. The van der Waals surface area contributed by atoms with E-state index in [1.165, 1.54) is 0 Å². The number of aromatic nitrogens is 2. The third kappa shape index (κ3) is 3.84. The van der Waals surface area contributed by atoms with Crippen LogP contribution in [0.15, 0.2) is 24.3 Å². The molecule has 0 unspecified atom stereocenters. The standard InChI is InChI=1S/C16H21N3O2/c1-10(2)13-8-14(19-18-13)17-15(20)9-21-16-11(3)6-5-7-12(16)4/h5-8,10H,9H2,1-4H3,(H2,17,18,19,20). The molecule has 2 rings (SSSR count). The number of hydrogen-bond donors (Lipinski definition) is 2. The van der Waals surface area contributed by atoms with E-state index in [1.807, 2.05) is 38.1 Å². The largest absolute Gasteiger partial charge is 0.483 e. The molecule has 1 amide bonds. The second-order valence-electron chi connectivity index (χ2n) is 5.42. The Morgan fingerprint density at radius 2 is 2.00 bits per heavy atom. The van der Waals surface area contributed by atoms with Crippen molar-refractivity contribution in [3.05, 3.63) is 41.1 Å². The van der Waals surface area contributed by atoms with E-state index in [0.29, 0.717) is 11.7 Å². The first kappa shape index (κ1) is 15.1. The van der Waals surface area contributed by atoms with Crippen LogP contribution in [0.5, 0.6) is 5.75 Å². The molecule has 21 heavy (non-hydrogen) atoms. The predicted octanol–water partition coefficient (Wildman–Crippen LogP) is 3.17. The molecule has 1 aromatic heterocycles. The van der Waals surface area contributed by atoms with Gasteiger partial charge in [-0.05, 0) is 30.9 Å². The Morgan fingerprint density at radius 1 is 1.33 bits per heavy atom. The molecule has 0 spiro atoms. The molecule has 0 saturated heterocycles. The van der Waals surface area contributed by atoms with Crippen LogP contribution in [0.25, 0.3) is 0 Å². The van der Waals surface area contributed by atoms with E-state index in [-0.39, 0.29) is 12.5 Å². The summed E-state index contributed by atoms with van der Waals surface area (Å²) in [5, 5.41) is 9.67. The topological polar surface area (TPSA) is 67.0 Å². The van der Waals surface area contributed by atoms with E-state index in [4.69, 9.17) is 4.74 Å². The Kier molecular flexibility index (Phi) is 4.62. The van der Waals surface area contributed by atoms with Crippen molar-refractivity contribution in [2.75, 3.05) is 11.9 Å². The van der Waals surface area contributed by atoms with Gasteiger partial charge in [-0.3, -0.25) is 9.89 Å². The van der Waals surface area contributed by atoms with Gasteiger partial charge < -0.3 is 10.1 Å². The van der Waals surface area contributed by atoms with Crippen LogP contribution in [0.2, 0.25) is 0 Å². The molecule has 5 nitrogen and oxygen atoms in total. The number of benzene rings is 1. The number of anilines is 1. The fourth-order valence-electron chi connectivity index (χ4n) is 2.04. The van der Waals surface area contributed by atoms with Gasteiger partial charge in [0.05, 0.1) is 0 Å². The van der Waals surface area contributed by atoms with Crippen LogP contribution in [0.1, 0.15) is 36.6 Å². The Labute approximate surface area is 124 Å². The maximum Gasteiger partial charge on any atom is 0.263 e. The number of carbonyl (C=O) groups is 1. The minimum atomic E-state index is -0.223. The SMILES string of the molecule is Cc1cccc(C)c1OCC(=O)Nc1cc(C(C)C)[nH]n1. The van der Waals surface area contributed by atoms with Gasteiger partial charge in [-0.2, -0.15) is 5.10 Å². The van der Waals surface area contributed by atoms with Gasteiger partial charge in [0.25, 0.3) is 5.91 Å². The maximum absolute atomic E-state index is 11.9. The highest BCUT2D eigenvalue weighted by Crippen LogP contribution is 2.22. The van der Waals surface area contributed by atoms with Gasteiger partial charge in [-0.15, -0.1) is 0 Å². The van der Waals surface area contributed by atoms with Crippen molar-refractivity contribution in [2.45, 2.75) is 33.6 Å². The molecular formula is C16H21N3O2. The molecule has 2 aromatic rings. The Bertz CT molecular complexity index is 612. The van der Waals surface area contributed by atoms with E-state index >= 15 is 0 Å². The molecule has 112 valence electrons. The minimum absolute atomic E-state index is 0.0322. The highest BCUT2D eigenvalue weighted by Gasteiger charge is 2.10. The quantitative estimate of drug-likeness (QED) is 0.887. The van der Waals surface area contributed by atoms with Crippen LogP contribution < -0.4 is 10.1 Å². The number of rotatable bonds is 5. The van der Waals surface area contributed by atoms with E-state index in [0.717, 1.165) is 22.6 Å². The minimum Gasteiger partial charge on any atom is -0.483 e. The van der Waals surface area contributed by atoms with E-state index < -0.39 is 0 Å². The van der Waals surface area contributed by atoms with Crippen molar-refractivity contribution >= 4 is 11.7 Å². The van der Waals surface area contributed by atoms with Gasteiger partial charge in [-0.1, -0.05) is 32.0 Å². The first-order valence-electron chi connectivity index (χ1n) is 7.01. The third-order valence-corrected chi connectivity index (χ3v) is 3.24. The lowest BCUT2D eigenvalue weighted by Crippen LogP contribution is -2.20. The van der Waals surface area contributed by atoms with Crippen molar-refractivity contribution in [3.63, 3.8) is 0 Å². The second-order valence-corrected chi connectivity index (χ2v) is 5.42. The van der Waals surface area contributed by atoms with Gasteiger partial charge >= 0.3 is 0 Å². The lowest BCUT2D eigenvalue weighted by atomic mass is 10.1. The summed E-state index contributed by atoms with van der Waals surface area (Å²) in [6.07, 6.45) is 0. The van der Waals surface area contributed by atoms with Crippen LogP contribution in [0, 0.1) is 13.8 Å². The van der Waals surface area contributed by atoms with Gasteiger partial charge in [-0.25, -0.2) is 0 Å². The predicted molar refractivity (Wildman–Crippen MR) is 82.7 cm³/mol. The van der Waals surface area contributed by atoms with Gasteiger partial charge in [0.2, 0.25) is 0 Å². The van der Waals surface area contributed by atoms with E-state index in [2.05, 4.69) is 29.4 Å². The van der Waals surface area contributed by atoms with Crippen LogP contribution in [-0.4, -0.2) is 22.7 Å². The van der Waals surface area contributed by atoms with Crippen molar-refractivity contribution in [3.8, 4) is 5.75 Å². The molecule has 0 fully saturated rings. The number of aryl methyl sites for hydroxylation is 2. The molecule has 0 aliphatic carbocycles. The zero-order valence-corrected chi connectivity index (χ0v) is 12.9. The highest BCUT2D eigenvalue weighted by molar-refractivity contribution is 5.91. The number of aromatic amines is 1. The normalized spacial score (nSPS) is 10.7. The number of ether oxygens (including phenoxy) is 1. The van der Waals surface area contributed by atoms with E-state index in [9.17, 15) is 4.79 Å². The first-order valence-corrected chi connectivity index (χ1v) is 7.01. The summed E-state index contributed by atoms with van der Waals surface area (Å²) in [4.78, 5) is 11.9. The number of hydrogen-bond acceptors (Lipinski definition) is 3. The number of carbonyl (C=O) groups excluding carboxylic acids is 1. The zero-order chi connectivity index (χ0) is 15.4. The molecular weight excluding hydrogens is 266 g/mol. The second kappa shape index (κ2) is 6.43. The molecule has 2 N–H and O–H groups in total. The zero-order valence-electron chi connectivity index (χ0n) is 12.9. The summed E-state index contributed by atoms with van der Waals surface area (Å²) in [6.45, 7) is 8.01. The summed E-state index contributed by atoms with van der Waals surface area (Å²) < 4.78 is 5.61. The van der Waals surface area contributed by atoms with Crippen molar-refractivity contribution in [1.82, 2.24) is 10.2 Å². The van der Waals surface area contributed by atoms with Crippen LogP contribution in [-0.2, 0) is 4.79 Å². The van der Waals surface area contributed by atoms with Gasteiger partial charge in [0.1, 0.15) is 5.75 Å². The molecule has 5 heteroatoms. The van der Waals surface area contributed by atoms with Crippen LogP contribution in [0.3, 0.4) is 0 Å². The molecule has 1 aromatic carbocycles. The Hall–Kier alpha value is -2.30. The number of para-hydroxylation sites is 1.